The number of guanidine groups is 1. The molecule has 0 aliphatic heterocycles. The van der Waals surface area contributed by atoms with Gasteiger partial charge in [0.15, 0.2) is 5.96 Å². The van der Waals surface area contributed by atoms with Crippen molar-refractivity contribution in [3.05, 3.63) is 41.9 Å². The number of halogens is 4. The Bertz CT molecular complexity index is 824. The number of aryl methyl sites for hydroxylation is 1. The lowest BCUT2D eigenvalue weighted by molar-refractivity contribution is -0.137. The molecule has 12 heteroatoms. The third-order valence-electron chi connectivity index (χ3n) is 4.04. The minimum absolute atomic E-state index is 0. The predicted octanol–water partition coefficient (Wildman–Crippen LogP) is 2.33. The Morgan fingerprint density at radius 1 is 1.27 bits per heavy atom. The monoisotopic (exact) mass is 541 g/mol. The van der Waals surface area contributed by atoms with Gasteiger partial charge in [0.2, 0.25) is 0 Å². The summed E-state index contributed by atoms with van der Waals surface area (Å²) in [5.74, 6) is 0.221. The van der Waals surface area contributed by atoms with Crippen LogP contribution < -0.4 is 16.0 Å². The molecule has 30 heavy (non-hydrogen) atoms. The maximum Gasteiger partial charge on any atom is 0.419 e. The van der Waals surface area contributed by atoms with Crippen molar-refractivity contribution in [2.24, 2.45) is 12.0 Å². The van der Waals surface area contributed by atoms with Crippen molar-refractivity contribution < 1.29 is 18.3 Å². The molecule has 0 spiro atoms. The fraction of sp³-hybridized carbons (Fsp3) is 0.500. The van der Waals surface area contributed by atoms with Crippen LogP contribution in [0.15, 0.2) is 35.7 Å². The third kappa shape index (κ3) is 7.63. The molecule has 0 aliphatic rings. The van der Waals surface area contributed by atoms with Gasteiger partial charge in [0.25, 0.3) is 0 Å². The molecule has 2 rings (SSSR count). The smallest absolute Gasteiger partial charge is 0.383 e. The second-order valence-corrected chi connectivity index (χ2v) is 6.62. The van der Waals surface area contributed by atoms with E-state index in [0.717, 1.165) is 6.07 Å². The summed E-state index contributed by atoms with van der Waals surface area (Å²) >= 11 is 0. The van der Waals surface area contributed by atoms with Gasteiger partial charge in [-0.15, -0.1) is 24.0 Å². The Morgan fingerprint density at radius 3 is 2.60 bits per heavy atom. The highest BCUT2D eigenvalue weighted by Gasteiger charge is 2.33. The van der Waals surface area contributed by atoms with Gasteiger partial charge in [0.1, 0.15) is 11.4 Å². The van der Waals surface area contributed by atoms with E-state index in [4.69, 9.17) is 0 Å². The number of nitrogens with zero attached hydrogens (tertiary/aromatic N) is 4. The van der Waals surface area contributed by atoms with Crippen LogP contribution in [0.25, 0.3) is 0 Å². The average Bonchev–Trinajstić information content (AvgIpc) is 3.10. The van der Waals surface area contributed by atoms with E-state index < -0.39 is 17.3 Å². The summed E-state index contributed by atoms with van der Waals surface area (Å²) in [5.41, 5.74) is -1.38. The zero-order chi connectivity index (χ0) is 21.5. The van der Waals surface area contributed by atoms with Crippen molar-refractivity contribution in [1.82, 2.24) is 25.4 Å². The maximum atomic E-state index is 13.0. The van der Waals surface area contributed by atoms with E-state index in [1.54, 1.807) is 31.0 Å². The molecule has 1 atom stereocenters. The minimum atomic E-state index is -4.47. The number of nitrogens with one attached hydrogen (secondary N) is 3. The molecule has 2 aromatic rings. The van der Waals surface area contributed by atoms with Crippen molar-refractivity contribution in [2.75, 3.05) is 31.5 Å². The molecule has 0 amide bonds. The molecule has 168 valence electrons. The summed E-state index contributed by atoms with van der Waals surface area (Å²) < 4.78 is 40.5. The summed E-state index contributed by atoms with van der Waals surface area (Å²) in [7, 11) is 1.76. The summed E-state index contributed by atoms with van der Waals surface area (Å²) in [4.78, 5) is 8.11. The second kappa shape index (κ2) is 11.3. The zero-order valence-corrected chi connectivity index (χ0v) is 19.3. The molecule has 0 bridgehead atoms. The number of anilines is 1. The van der Waals surface area contributed by atoms with Crippen molar-refractivity contribution in [2.45, 2.75) is 25.6 Å². The van der Waals surface area contributed by atoms with Crippen molar-refractivity contribution in [3.8, 4) is 0 Å². The van der Waals surface area contributed by atoms with E-state index in [1.807, 2.05) is 6.92 Å². The third-order valence-corrected chi connectivity index (χ3v) is 4.04. The van der Waals surface area contributed by atoms with Crippen LogP contribution in [0.5, 0.6) is 0 Å². The molecule has 0 saturated carbocycles. The van der Waals surface area contributed by atoms with Crippen LogP contribution in [0.1, 0.15) is 25.0 Å². The quantitative estimate of drug-likeness (QED) is 0.177. The Kier molecular flexibility index (Phi) is 9.81. The fourth-order valence-electron chi connectivity index (χ4n) is 2.50. The van der Waals surface area contributed by atoms with Gasteiger partial charge in [-0.05, 0) is 26.0 Å². The zero-order valence-electron chi connectivity index (χ0n) is 17.0. The highest BCUT2D eigenvalue weighted by molar-refractivity contribution is 14.0. The molecule has 0 aliphatic carbocycles. The standard InChI is InChI=1S/C18H26F3N7O.HI/c1-4-22-16(26-12-17(2,29)13-10-27-28(3)11-13)25-9-8-24-15-14(18(19,20)21)6-5-7-23-15;/h5-7,10-11,29H,4,8-9,12H2,1-3H3,(H,23,24)(H2,22,25,26);1H. The van der Waals surface area contributed by atoms with Gasteiger partial charge in [0.05, 0.1) is 18.3 Å². The Labute approximate surface area is 190 Å². The van der Waals surface area contributed by atoms with Gasteiger partial charge in [0, 0.05) is 44.6 Å². The lowest BCUT2D eigenvalue weighted by atomic mass is 10.0. The van der Waals surface area contributed by atoms with E-state index in [0.29, 0.717) is 24.6 Å². The van der Waals surface area contributed by atoms with E-state index in [2.05, 4.69) is 31.0 Å². The van der Waals surface area contributed by atoms with Crippen molar-refractivity contribution in [3.63, 3.8) is 0 Å². The lowest BCUT2D eigenvalue weighted by Gasteiger charge is -2.20. The highest BCUT2D eigenvalue weighted by atomic mass is 127. The number of hydrogen-bond acceptors (Lipinski definition) is 5. The van der Waals surface area contributed by atoms with E-state index >= 15 is 0 Å². The van der Waals surface area contributed by atoms with Crippen LogP contribution in [0, 0.1) is 0 Å². The van der Waals surface area contributed by atoms with Gasteiger partial charge >= 0.3 is 6.18 Å². The number of alkyl halides is 3. The van der Waals surface area contributed by atoms with Crippen LogP contribution >= 0.6 is 24.0 Å². The summed E-state index contributed by atoms with van der Waals surface area (Å²) in [6.45, 7) is 4.70. The van der Waals surface area contributed by atoms with Gasteiger partial charge in [-0.25, -0.2) is 9.98 Å². The van der Waals surface area contributed by atoms with E-state index in [9.17, 15) is 18.3 Å². The molecule has 0 fully saturated rings. The van der Waals surface area contributed by atoms with Gasteiger partial charge < -0.3 is 21.1 Å². The van der Waals surface area contributed by atoms with Crippen LogP contribution in [0.4, 0.5) is 19.0 Å². The maximum absolute atomic E-state index is 13.0. The summed E-state index contributed by atoms with van der Waals surface area (Å²) in [5, 5.41) is 23.4. The van der Waals surface area contributed by atoms with Crippen LogP contribution in [0.2, 0.25) is 0 Å². The topological polar surface area (TPSA) is 99.4 Å². The number of pyridine rings is 1. The largest absolute Gasteiger partial charge is 0.419 e. The number of aromatic nitrogens is 3. The normalized spacial score (nSPS) is 13.9. The predicted molar refractivity (Wildman–Crippen MR) is 120 cm³/mol. The Hall–Kier alpha value is -2.09. The molecular formula is C18H27F3IN7O. The number of hydrogen-bond donors (Lipinski definition) is 4. The first kappa shape index (κ1) is 25.9. The highest BCUT2D eigenvalue weighted by Crippen LogP contribution is 2.33. The molecule has 4 N–H and O–H groups in total. The molecular weight excluding hydrogens is 514 g/mol. The molecule has 8 nitrogen and oxygen atoms in total. The van der Waals surface area contributed by atoms with E-state index in [1.165, 1.54) is 12.3 Å². The van der Waals surface area contributed by atoms with Crippen molar-refractivity contribution >= 4 is 35.8 Å². The molecule has 0 saturated heterocycles. The fourth-order valence-corrected chi connectivity index (χ4v) is 2.50. The Morgan fingerprint density at radius 2 is 2.00 bits per heavy atom. The first-order valence-corrected chi connectivity index (χ1v) is 9.13. The average molecular weight is 541 g/mol. The van der Waals surface area contributed by atoms with Gasteiger partial charge in [-0.2, -0.15) is 18.3 Å². The van der Waals surface area contributed by atoms with Crippen LogP contribution in [0.3, 0.4) is 0 Å². The van der Waals surface area contributed by atoms with E-state index in [-0.39, 0.29) is 42.9 Å². The summed E-state index contributed by atoms with van der Waals surface area (Å²) in [6, 6.07) is 2.23. The van der Waals surface area contributed by atoms with Gasteiger partial charge in [-0.3, -0.25) is 4.68 Å². The van der Waals surface area contributed by atoms with Crippen LogP contribution in [-0.2, 0) is 18.8 Å². The van der Waals surface area contributed by atoms with Crippen LogP contribution in [-0.4, -0.2) is 52.0 Å². The number of rotatable bonds is 8. The molecule has 2 aromatic heterocycles. The van der Waals surface area contributed by atoms with Gasteiger partial charge in [-0.1, -0.05) is 0 Å². The lowest BCUT2D eigenvalue weighted by Crippen LogP contribution is -2.40. The first-order valence-electron chi connectivity index (χ1n) is 9.13. The second-order valence-electron chi connectivity index (χ2n) is 6.62. The molecule has 0 radical (unpaired) electrons. The first-order chi connectivity index (χ1) is 13.6. The molecule has 0 aromatic carbocycles. The molecule has 2 heterocycles. The van der Waals surface area contributed by atoms with Crippen molar-refractivity contribution in [1.29, 1.82) is 0 Å². The SMILES string of the molecule is CCNC(=NCC(C)(O)c1cnn(C)c1)NCCNc1ncccc1C(F)(F)F.I. The number of aliphatic imine (C=N–C) groups is 1. The summed E-state index contributed by atoms with van der Waals surface area (Å²) in [6.07, 6.45) is 0.116. The number of aliphatic hydroxyl groups is 1. The Balaban J connectivity index is 0.00000450. The minimum Gasteiger partial charge on any atom is -0.383 e. The molecule has 1 unspecified atom stereocenters.